The number of hydrogen-bond donors (Lipinski definition) is 2. The number of carbonyl (C=O) groups excluding carboxylic acids is 1. The average Bonchev–Trinajstić information content (AvgIpc) is 3.12. The summed E-state index contributed by atoms with van der Waals surface area (Å²) in [6.07, 6.45) is 11.9. The van der Waals surface area contributed by atoms with E-state index >= 15 is 0 Å². The number of benzene rings is 1. The van der Waals surface area contributed by atoms with Crippen molar-refractivity contribution in [1.82, 2.24) is 0 Å². The van der Waals surface area contributed by atoms with Crippen molar-refractivity contribution in [3.8, 4) is 0 Å². The number of rotatable bonds is 4. The van der Waals surface area contributed by atoms with Gasteiger partial charge in [-0.25, -0.2) is 5.84 Å². The number of hydrogen-bond acceptors (Lipinski definition) is 4. The molecule has 0 heterocycles. The molecule has 0 saturated heterocycles. The van der Waals surface area contributed by atoms with E-state index in [2.05, 4.69) is 13.8 Å². The van der Waals surface area contributed by atoms with E-state index < -0.39 is 0 Å². The largest absolute Gasteiger partial charge is 0.396 e. The summed E-state index contributed by atoms with van der Waals surface area (Å²) in [5.74, 6) is 12.0. The van der Waals surface area contributed by atoms with Gasteiger partial charge in [-0.3, -0.25) is 4.79 Å². The molecule has 1 aromatic rings. The van der Waals surface area contributed by atoms with E-state index in [0.717, 1.165) is 36.0 Å². The first-order valence-electron chi connectivity index (χ1n) is 12.9. The topological polar surface area (TPSA) is 72.3 Å². The predicted molar refractivity (Wildman–Crippen MR) is 132 cm³/mol. The molecule has 4 N–H and O–H groups in total. The fourth-order valence-corrected chi connectivity index (χ4v) is 8.93. The third-order valence-electron chi connectivity index (χ3n) is 10.3. The molecule has 4 nitrogen and oxygen atoms in total. The van der Waals surface area contributed by atoms with Crippen LogP contribution in [0.15, 0.2) is 18.2 Å². The normalized spacial score (nSPS) is 40.8. The van der Waals surface area contributed by atoms with Gasteiger partial charge in [0.1, 0.15) is 0 Å². The van der Waals surface area contributed by atoms with Crippen LogP contribution in [0.4, 0.5) is 11.4 Å². The molecule has 5 heteroatoms. The van der Waals surface area contributed by atoms with Gasteiger partial charge in [-0.15, -0.1) is 0 Å². The van der Waals surface area contributed by atoms with Gasteiger partial charge in [-0.2, -0.15) is 0 Å². The Labute approximate surface area is 198 Å². The van der Waals surface area contributed by atoms with E-state index in [1.54, 1.807) is 6.07 Å². The summed E-state index contributed by atoms with van der Waals surface area (Å²) >= 11 is 6.16. The molecular formula is C27H40ClN3O. The van der Waals surface area contributed by atoms with Crippen LogP contribution in [0.25, 0.3) is 0 Å². The Balaban J connectivity index is 1.29. The van der Waals surface area contributed by atoms with Crippen molar-refractivity contribution < 1.29 is 4.79 Å². The Morgan fingerprint density at radius 2 is 1.88 bits per heavy atom. The van der Waals surface area contributed by atoms with Gasteiger partial charge in [0, 0.05) is 5.92 Å². The Bertz CT molecular complexity index is 874. The predicted octanol–water partition coefficient (Wildman–Crippen LogP) is 6.08. The summed E-state index contributed by atoms with van der Waals surface area (Å²) in [6.45, 7) is 5.08. The summed E-state index contributed by atoms with van der Waals surface area (Å²) in [6, 6.07) is 5.41. The summed E-state index contributed by atoms with van der Waals surface area (Å²) in [5.41, 5.74) is 7.33. The maximum absolute atomic E-state index is 13.5. The lowest BCUT2D eigenvalue weighted by Gasteiger charge is -2.56. The SMILES string of the molecule is CC1CCC2C3CCC4(C)C(C(=O)CN(N)c5cccc(Cl)c5N)CCC4C3CC[C@@H]2C1. The monoisotopic (exact) mass is 457 g/mol. The van der Waals surface area contributed by atoms with Crippen molar-refractivity contribution >= 4 is 28.8 Å². The minimum Gasteiger partial charge on any atom is -0.396 e. The third-order valence-corrected chi connectivity index (χ3v) is 10.6. The summed E-state index contributed by atoms with van der Waals surface area (Å²) < 4.78 is 0. The third kappa shape index (κ3) is 3.66. The molecule has 1 aromatic carbocycles. The number of carbonyl (C=O) groups is 1. The Morgan fingerprint density at radius 1 is 1.09 bits per heavy atom. The van der Waals surface area contributed by atoms with Gasteiger partial charge in [0.2, 0.25) is 0 Å². The zero-order chi connectivity index (χ0) is 22.6. The number of para-hydroxylation sites is 1. The first-order valence-corrected chi connectivity index (χ1v) is 13.3. The zero-order valence-electron chi connectivity index (χ0n) is 19.7. The minimum atomic E-state index is 0.115. The Morgan fingerprint density at radius 3 is 2.69 bits per heavy atom. The molecule has 5 rings (SSSR count). The second kappa shape index (κ2) is 8.51. The number of nitrogens with two attached hydrogens (primary N) is 2. The minimum absolute atomic E-state index is 0.115. The number of hydrazine groups is 1. The van der Waals surface area contributed by atoms with Crippen molar-refractivity contribution in [3.63, 3.8) is 0 Å². The van der Waals surface area contributed by atoms with Gasteiger partial charge in [0.25, 0.3) is 0 Å². The summed E-state index contributed by atoms with van der Waals surface area (Å²) in [5, 5.41) is 1.98. The fraction of sp³-hybridized carbons (Fsp3) is 0.741. The lowest BCUT2D eigenvalue weighted by molar-refractivity contribution is -0.129. The molecule has 176 valence electrons. The highest BCUT2D eigenvalue weighted by atomic mass is 35.5. The number of Topliss-reactive ketones (excluding diaryl/α,β-unsaturated/α-hetero) is 1. The second-order valence-corrected chi connectivity index (χ2v) is 12.2. The van der Waals surface area contributed by atoms with E-state index in [9.17, 15) is 4.79 Å². The lowest BCUT2D eigenvalue weighted by atomic mass is 9.49. The number of nitrogen functional groups attached to an aromatic ring is 1. The maximum atomic E-state index is 13.5. The summed E-state index contributed by atoms with van der Waals surface area (Å²) in [4.78, 5) is 13.5. The van der Waals surface area contributed by atoms with Crippen LogP contribution in [0.2, 0.25) is 5.02 Å². The lowest BCUT2D eigenvalue weighted by Crippen LogP contribution is -2.50. The van der Waals surface area contributed by atoms with Gasteiger partial charge in [0.05, 0.1) is 22.9 Å². The molecule has 32 heavy (non-hydrogen) atoms. The van der Waals surface area contributed by atoms with Gasteiger partial charge >= 0.3 is 0 Å². The van der Waals surface area contributed by atoms with Crippen LogP contribution in [-0.2, 0) is 4.79 Å². The smallest absolute Gasteiger partial charge is 0.157 e. The number of halogens is 1. The number of ketones is 1. The van der Waals surface area contributed by atoms with Gasteiger partial charge in [-0.1, -0.05) is 37.9 Å². The highest BCUT2D eigenvalue weighted by molar-refractivity contribution is 6.33. The molecule has 4 aliphatic carbocycles. The van der Waals surface area contributed by atoms with Crippen LogP contribution in [-0.4, -0.2) is 12.3 Å². The first-order chi connectivity index (χ1) is 15.3. The molecule has 7 unspecified atom stereocenters. The van der Waals surface area contributed by atoms with E-state index in [1.165, 1.54) is 56.4 Å². The van der Waals surface area contributed by atoms with Crippen molar-refractivity contribution in [1.29, 1.82) is 0 Å². The summed E-state index contributed by atoms with van der Waals surface area (Å²) in [7, 11) is 0. The standard InChI is InChI=1S/C27H40ClN3O/c1-16-6-8-18-17(14-16)7-9-20-19(18)12-13-27(2)21(20)10-11-22(27)25(32)15-31(30)24-5-3-4-23(28)26(24)29/h3-5,16-22H,6-15,29-30H2,1-2H3/t16?,17-,18?,19?,20?,21?,22?,27?/m1/s1. The highest BCUT2D eigenvalue weighted by Gasteiger charge is 2.58. The maximum Gasteiger partial charge on any atom is 0.157 e. The van der Waals surface area contributed by atoms with Crippen molar-refractivity contribution in [2.24, 2.45) is 52.7 Å². The van der Waals surface area contributed by atoms with E-state index in [0.29, 0.717) is 22.3 Å². The molecule has 4 aliphatic rings. The second-order valence-electron chi connectivity index (χ2n) is 11.8. The van der Waals surface area contributed by atoms with Gasteiger partial charge in [0.15, 0.2) is 5.78 Å². The van der Waals surface area contributed by atoms with Gasteiger partial charge in [-0.05, 0) is 104 Å². The van der Waals surface area contributed by atoms with Crippen molar-refractivity contribution in [3.05, 3.63) is 23.2 Å². The number of anilines is 2. The number of nitrogens with zero attached hydrogens (tertiary/aromatic N) is 1. The van der Waals surface area contributed by atoms with E-state index in [1.807, 2.05) is 12.1 Å². The molecule has 4 saturated carbocycles. The van der Waals surface area contributed by atoms with Crippen LogP contribution in [0, 0.1) is 46.8 Å². The van der Waals surface area contributed by atoms with E-state index in [-0.39, 0.29) is 23.7 Å². The Hall–Kier alpha value is -1.26. The molecule has 0 spiro atoms. The van der Waals surface area contributed by atoms with Crippen LogP contribution in [0.5, 0.6) is 0 Å². The van der Waals surface area contributed by atoms with E-state index in [4.69, 9.17) is 23.2 Å². The Kier molecular flexibility index (Phi) is 5.99. The van der Waals surface area contributed by atoms with Crippen LogP contribution in [0.3, 0.4) is 0 Å². The van der Waals surface area contributed by atoms with Crippen molar-refractivity contribution in [2.45, 2.75) is 71.6 Å². The molecule has 4 fully saturated rings. The molecule has 0 radical (unpaired) electrons. The van der Waals surface area contributed by atoms with Gasteiger partial charge < -0.3 is 10.7 Å². The fourth-order valence-electron chi connectivity index (χ4n) is 8.76. The molecule has 0 amide bonds. The zero-order valence-corrected chi connectivity index (χ0v) is 20.5. The molecule has 0 bridgehead atoms. The highest BCUT2D eigenvalue weighted by Crippen LogP contribution is 2.64. The van der Waals surface area contributed by atoms with Crippen LogP contribution >= 0.6 is 11.6 Å². The van der Waals surface area contributed by atoms with Crippen LogP contribution in [0.1, 0.15) is 71.6 Å². The average molecular weight is 458 g/mol. The molecule has 8 atom stereocenters. The number of fused-ring (bicyclic) bond motifs is 5. The van der Waals surface area contributed by atoms with Crippen LogP contribution < -0.4 is 16.6 Å². The molecular weight excluding hydrogens is 418 g/mol. The quantitative estimate of drug-likeness (QED) is 0.326. The molecule has 0 aliphatic heterocycles. The first kappa shape index (κ1) is 22.5. The van der Waals surface area contributed by atoms with Crippen molar-refractivity contribution in [2.75, 3.05) is 17.3 Å². The molecule has 0 aromatic heterocycles.